The molecule has 3 rings (SSSR count). The van der Waals surface area contributed by atoms with E-state index in [1.807, 2.05) is 0 Å². The summed E-state index contributed by atoms with van der Waals surface area (Å²) in [6.45, 7) is 2.22. The van der Waals surface area contributed by atoms with Gasteiger partial charge in [-0.15, -0.1) is 0 Å². The minimum atomic E-state index is -4.36. The Morgan fingerprint density at radius 2 is 2.00 bits per heavy atom. The Balaban J connectivity index is 0.000000396. The Bertz CT molecular complexity index is 897. The van der Waals surface area contributed by atoms with Crippen LogP contribution in [0.2, 0.25) is 0 Å². The second kappa shape index (κ2) is 10.8. The van der Waals surface area contributed by atoms with Crippen molar-refractivity contribution in [2.45, 2.75) is 25.0 Å². The number of benzene rings is 2. The lowest BCUT2D eigenvalue weighted by Gasteiger charge is -2.23. The predicted molar refractivity (Wildman–Crippen MR) is 115 cm³/mol. The highest BCUT2D eigenvalue weighted by Crippen LogP contribution is 2.39. The Morgan fingerprint density at radius 3 is 2.63 bits per heavy atom. The normalized spacial score (nSPS) is 16.3. The number of halogens is 3. The first-order valence-electron chi connectivity index (χ1n) is 9.07. The van der Waals surface area contributed by atoms with Gasteiger partial charge in [0.25, 0.3) is 0 Å². The molecule has 0 saturated heterocycles. The van der Waals surface area contributed by atoms with E-state index in [-0.39, 0.29) is 11.9 Å². The predicted octanol–water partition coefficient (Wildman–Crippen LogP) is 5.07. The van der Waals surface area contributed by atoms with Gasteiger partial charge in [-0.2, -0.15) is 13.2 Å². The quantitative estimate of drug-likeness (QED) is 0.393. The summed E-state index contributed by atoms with van der Waals surface area (Å²) in [6.07, 6.45) is 4.83. The van der Waals surface area contributed by atoms with E-state index >= 15 is 0 Å². The molecule has 1 atom stereocenters. The number of aliphatic hydroxyl groups excluding tert-OH is 1. The largest absolute Gasteiger partial charge is 0.493 e. The lowest BCUT2D eigenvalue weighted by molar-refractivity contribution is -0.0323. The molecule has 0 amide bonds. The highest BCUT2D eigenvalue weighted by atomic mass is 32.2. The van der Waals surface area contributed by atoms with Gasteiger partial charge in [0.1, 0.15) is 5.75 Å². The molecule has 0 unspecified atom stereocenters. The summed E-state index contributed by atoms with van der Waals surface area (Å²) in [5.41, 5.74) is 9.06. The van der Waals surface area contributed by atoms with Crippen molar-refractivity contribution in [3.8, 4) is 16.9 Å². The fourth-order valence-electron chi connectivity index (χ4n) is 2.68. The zero-order valence-corrected chi connectivity index (χ0v) is 17.1. The van der Waals surface area contributed by atoms with Crippen LogP contribution in [0.25, 0.3) is 11.1 Å². The van der Waals surface area contributed by atoms with Gasteiger partial charge in [-0.1, -0.05) is 30.3 Å². The smallest absolute Gasteiger partial charge is 0.461 e. The lowest BCUT2D eigenvalue weighted by atomic mass is 9.97. The van der Waals surface area contributed by atoms with Crippen LogP contribution in [0.5, 0.6) is 5.75 Å². The van der Waals surface area contributed by atoms with Gasteiger partial charge in [0.05, 0.1) is 30.3 Å². The molecule has 162 valence electrons. The Labute approximate surface area is 177 Å². The number of hydrogen-bond donors (Lipinski definition) is 4. The highest BCUT2D eigenvalue weighted by Gasteiger charge is 2.29. The molecule has 0 fully saturated rings. The third-order valence-corrected chi connectivity index (χ3v) is 4.56. The van der Waals surface area contributed by atoms with E-state index in [9.17, 15) is 18.3 Å². The maximum Gasteiger partial charge on any atom is 0.461 e. The van der Waals surface area contributed by atoms with E-state index in [4.69, 9.17) is 16.2 Å². The van der Waals surface area contributed by atoms with E-state index in [1.54, 1.807) is 61.5 Å². The molecule has 0 aliphatic carbocycles. The van der Waals surface area contributed by atoms with Crippen molar-refractivity contribution in [3.63, 3.8) is 0 Å². The van der Waals surface area contributed by atoms with E-state index in [1.165, 1.54) is 6.20 Å². The van der Waals surface area contributed by atoms with Gasteiger partial charge in [-0.3, -0.25) is 0 Å². The van der Waals surface area contributed by atoms with Crippen LogP contribution in [0.15, 0.2) is 66.5 Å². The molecule has 9 heteroatoms. The molecule has 0 aromatic heterocycles. The molecule has 0 radical (unpaired) electrons. The molecule has 0 saturated carbocycles. The Hall–Kier alpha value is -2.78. The molecule has 2 aromatic carbocycles. The number of allylic oxidation sites excluding steroid dienone is 3. The van der Waals surface area contributed by atoms with Crippen molar-refractivity contribution >= 4 is 17.6 Å². The van der Waals surface area contributed by atoms with Crippen LogP contribution in [-0.2, 0) is 0 Å². The summed E-state index contributed by atoms with van der Waals surface area (Å²) >= 11 is -0.297. The van der Waals surface area contributed by atoms with Gasteiger partial charge in [0, 0.05) is 23.2 Å². The fraction of sp³-hybridized carbons (Fsp3) is 0.238. The van der Waals surface area contributed by atoms with E-state index in [0.29, 0.717) is 35.6 Å². The second-order valence-electron chi connectivity index (χ2n) is 6.40. The maximum absolute atomic E-state index is 12.4. The van der Waals surface area contributed by atoms with Crippen LogP contribution in [0.4, 0.5) is 18.9 Å². The van der Waals surface area contributed by atoms with Crippen LogP contribution in [0, 0.1) is 0 Å². The summed E-state index contributed by atoms with van der Waals surface area (Å²) in [5, 5.41) is 9.93. The minimum absolute atomic E-state index is 0.297. The maximum atomic E-state index is 12.4. The molecule has 1 heterocycles. The van der Waals surface area contributed by atoms with Crippen molar-refractivity contribution in [2.75, 3.05) is 11.3 Å². The lowest BCUT2D eigenvalue weighted by Crippen LogP contribution is -2.13. The first-order valence-corrected chi connectivity index (χ1v) is 9.88. The van der Waals surface area contributed by atoms with E-state index in [0.717, 1.165) is 11.3 Å². The number of anilines is 1. The molecule has 1 aliphatic heterocycles. The molecule has 0 spiro atoms. The zero-order valence-electron chi connectivity index (χ0n) is 16.3. The van der Waals surface area contributed by atoms with Gasteiger partial charge in [0.15, 0.2) is 0 Å². The first kappa shape index (κ1) is 23.5. The molecular formula is C21H24F3N3O2S. The van der Waals surface area contributed by atoms with E-state index in [2.05, 4.69) is 4.72 Å². The van der Waals surface area contributed by atoms with Gasteiger partial charge < -0.3 is 26.0 Å². The number of para-hydroxylation sites is 1. The van der Waals surface area contributed by atoms with Crippen LogP contribution in [0.3, 0.4) is 0 Å². The van der Waals surface area contributed by atoms with Crippen LogP contribution in [-0.4, -0.2) is 17.2 Å². The van der Waals surface area contributed by atoms with Gasteiger partial charge in [-0.05, 0) is 43.0 Å². The molecule has 1 aliphatic rings. The van der Waals surface area contributed by atoms with Crippen molar-refractivity contribution in [3.05, 3.63) is 72.1 Å². The third-order valence-electron chi connectivity index (χ3n) is 4.01. The molecule has 5 nitrogen and oxygen atoms in total. The summed E-state index contributed by atoms with van der Waals surface area (Å²) in [4.78, 5) is 0. The number of hydrogen-bond acceptors (Lipinski definition) is 6. The molecule has 30 heavy (non-hydrogen) atoms. The van der Waals surface area contributed by atoms with Crippen LogP contribution < -0.4 is 20.9 Å². The van der Waals surface area contributed by atoms with Crippen molar-refractivity contribution in [2.24, 2.45) is 11.5 Å². The number of aliphatic hydroxyl groups is 1. The van der Waals surface area contributed by atoms with Gasteiger partial charge in [-0.25, -0.2) is 0 Å². The number of alkyl halides is 3. The number of rotatable bonds is 4. The third kappa shape index (κ3) is 7.23. The zero-order chi connectivity index (χ0) is 22.1. The number of nitrogens with one attached hydrogen (secondary N) is 1. The Morgan fingerprint density at radius 1 is 1.27 bits per heavy atom. The summed E-state index contributed by atoms with van der Waals surface area (Å²) in [5.74, 6) is 0.569. The summed E-state index contributed by atoms with van der Waals surface area (Å²) in [7, 11) is 0. The van der Waals surface area contributed by atoms with E-state index < -0.39 is 11.6 Å². The highest BCUT2D eigenvalue weighted by molar-refractivity contribution is 8.01. The van der Waals surface area contributed by atoms with Gasteiger partial charge in [0.2, 0.25) is 0 Å². The van der Waals surface area contributed by atoms with Crippen molar-refractivity contribution in [1.29, 1.82) is 0 Å². The van der Waals surface area contributed by atoms with Crippen LogP contribution in [0.1, 0.15) is 25.0 Å². The topological polar surface area (TPSA) is 93.5 Å². The van der Waals surface area contributed by atoms with Crippen molar-refractivity contribution in [1.82, 2.24) is 0 Å². The molecule has 0 bridgehead atoms. The monoisotopic (exact) mass is 439 g/mol. The minimum Gasteiger partial charge on any atom is -0.493 e. The first-order chi connectivity index (χ1) is 14.2. The fourth-order valence-corrected chi connectivity index (χ4v) is 3.09. The standard InChI is InChI=1S/C16H14F3NO2S.C5H10N2/c17-16(18,19)23-20-13-4-2-1-3-11(13)10-5-6-12-14(21)7-8-22-15(12)9-10;1-5(7)3-2-4-6/h1-6,9,14,20-21H,7-8H2;2-4H,6-7H2,1H3/b;4-2-,5-3-/t14-;/m0./s1. The Kier molecular flexibility index (Phi) is 8.49. The SMILES string of the molecule is C/C(N)=C/C=C\N.O[C@H]1CCOc2cc(-c3ccccc3NSC(F)(F)F)ccc21. The summed E-state index contributed by atoms with van der Waals surface area (Å²) < 4.78 is 45.1. The molecular weight excluding hydrogens is 415 g/mol. The van der Waals surface area contributed by atoms with Gasteiger partial charge >= 0.3 is 5.51 Å². The average Bonchev–Trinajstić information content (AvgIpc) is 2.71. The number of fused-ring (bicyclic) bond motifs is 1. The second-order valence-corrected chi connectivity index (χ2v) is 7.27. The van der Waals surface area contributed by atoms with Crippen molar-refractivity contribution < 1.29 is 23.0 Å². The number of nitrogens with two attached hydrogens (primary N) is 2. The average molecular weight is 440 g/mol. The molecule has 2 aromatic rings. The van der Waals surface area contributed by atoms with Crippen LogP contribution >= 0.6 is 11.9 Å². The number of ether oxygens (including phenoxy) is 1. The molecule has 6 N–H and O–H groups in total. The summed E-state index contributed by atoms with van der Waals surface area (Å²) in [6, 6.07) is 12.0.